The van der Waals surface area contributed by atoms with Crippen LogP contribution in [0.2, 0.25) is 0 Å². The van der Waals surface area contributed by atoms with E-state index in [1.807, 2.05) is 23.0 Å². The highest BCUT2D eigenvalue weighted by molar-refractivity contribution is 8.00. The second kappa shape index (κ2) is 10.5. The van der Waals surface area contributed by atoms with Crippen molar-refractivity contribution in [3.63, 3.8) is 0 Å². The third-order valence-electron chi connectivity index (χ3n) is 8.02. The zero-order valence-corrected chi connectivity index (χ0v) is 22.3. The van der Waals surface area contributed by atoms with Crippen LogP contribution in [-0.4, -0.2) is 56.6 Å². The van der Waals surface area contributed by atoms with E-state index < -0.39 is 0 Å². The van der Waals surface area contributed by atoms with Gasteiger partial charge in [0, 0.05) is 30.6 Å². The molecular weight excluding hydrogens is 484 g/mol. The molecule has 2 aliphatic carbocycles. The summed E-state index contributed by atoms with van der Waals surface area (Å²) in [6, 6.07) is 10.4. The van der Waals surface area contributed by atoms with E-state index in [0.29, 0.717) is 17.0 Å². The predicted molar refractivity (Wildman–Crippen MR) is 148 cm³/mol. The van der Waals surface area contributed by atoms with Gasteiger partial charge in [-0.05, 0) is 93.5 Å². The van der Waals surface area contributed by atoms with Crippen LogP contribution in [0.4, 0.5) is 11.4 Å². The van der Waals surface area contributed by atoms with E-state index in [2.05, 4.69) is 45.1 Å². The minimum absolute atomic E-state index is 0.152. The number of hydrogen-bond acceptors (Lipinski definition) is 8. The zero-order chi connectivity index (χ0) is 25.2. The fourth-order valence-electron chi connectivity index (χ4n) is 5.62. The highest BCUT2D eigenvalue weighted by Gasteiger charge is 2.44. The van der Waals surface area contributed by atoms with Crippen LogP contribution in [0, 0.1) is 12.3 Å². The molecule has 37 heavy (non-hydrogen) atoms. The molecule has 1 spiro atoms. The number of aryl methyl sites for hydroxylation is 1. The van der Waals surface area contributed by atoms with Crippen molar-refractivity contribution < 1.29 is 9.84 Å². The van der Waals surface area contributed by atoms with Crippen molar-refractivity contribution in [2.45, 2.75) is 64.4 Å². The standard InChI is InChI=1S/C28H36N6O2S/c1-20-16-23(29-27(17-20)36-22-4-2-3-5-22)24-19-34(32-30-24)25-7-6-21(31-37-15-14-35)18-26(25)33-12-10-28(8-9-28)11-13-33/h6-7,16-19,22,31,35H,2-5,8-15H2,1H3. The first kappa shape index (κ1) is 24.6. The molecule has 0 atom stereocenters. The minimum Gasteiger partial charge on any atom is -0.474 e. The zero-order valence-electron chi connectivity index (χ0n) is 21.5. The fraction of sp³-hybridized carbons (Fsp3) is 0.536. The molecule has 2 aromatic heterocycles. The number of anilines is 2. The first-order chi connectivity index (χ1) is 18.1. The molecule has 2 saturated carbocycles. The van der Waals surface area contributed by atoms with Crippen molar-refractivity contribution in [3.05, 3.63) is 42.1 Å². The smallest absolute Gasteiger partial charge is 0.214 e. The third-order valence-corrected chi connectivity index (χ3v) is 8.79. The Morgan fingerprint density at radius 2 is 1.86 bits per heavy atom. The van der Waals surface area contributed by atoms with E-state index in [1.165, 1.54) is 50.5 Å². The number of hydrogen-bond donors (Lipinski definition) is 2. The largest absolute Gasteiger partial charge is 0.474 e. The molecule has 9 heteroatoms. The summed E-state index contributed by atoms with van der Waals surface area (Å²) in [6.45, 7) is 4.34. The highest BCUT2D eigenvalue weighted by atomic mass is 32.2. The molecular formula is C28H36N6O2S. The molecule has 3 heterocycles. The van der Waals surface area contributed by atoms with Crippen LogP contribution in [-0.2, 0) is 0 Å². The van der Waals surface area contributed by atoms with Crippen LogP contribution in [0.15, 0.2) is 36.5 Å². The molecule has 0 amide bonds. The molecule has 196 valence electrons. The Morgan fingerprint density at radius 3 is 2.62 bits per heavy atom. The number of ether oxygens (including phenoxy) is 1. The molecule has 6 rings (SSSR count). The van der Waals surface area contributed by atoms with Crippen molar-refractivity contribution in [1.29, 1.82) is 0 Å². The van der Waals surface area contributed by atoms with E-state index in [0.717, 1.165) is 59.9 Å². The van der Waals surface area contributed by atoms with Gasteiger partial charge in [-0.2, -0.15) is 0 Å². The Morgan fingerprint density at radius 1 is 1.05 bits per heavy atom. The summed E-state index contributed by atoms with van der Waals surface area (Å²) in [4.78, 5) is 7.27. The van der Waals surface area contributed by atoms with Crippen molar-refractivity contribution in [2.24, 2.45) is 5.41 Å². The number of pyridine rings is 1. The molecule has 0 bridgehead atoms. The fourth-order valence-corrected chi connectivity index (χ4v) is 6.10. The number of rotatable bonds is 9. The lowest BCUT2D eigenvalue weighted by molar-refractivity contribution is 0.201. The topological polar surface area (TPSA) is 88.3 Å². The number of benzene rings is 1. The molecule has 1 aromatic carbocycles. The quantitative estimate of drug-likeness (QED) is 0.287. The maximum Gasteiger partial charge on any atom is 0.214 e. The molecule has 1 aliphatic heterocycles. The Labute approximate surface area is 222 Å². The van der Waals surface area contributed by atoms with Crippen molar-refractivity contribution in [3.8, 4) is 23.0 Å². The Hall–Kier alpha value is -2.78. The third kappa shape index (κ3) is 5.57. The van der Waals surface area contributed by atoms with Crippen LogP contribution >= 0.6 is 11.9 Å². The van der Waals surface area contributed by atoms with Gasteiger partial charge >= 0.3 is 0 Å². The van der Waals surface area contributed by atoms with E-state index in [1.54, 1.807) is 0 Å². The number of nitrogens with one attached hydrogen (secondary N) is 1. The summed E-state index contributed by atoms with van der Waals surface area (Å²) < 4.78 is 11.4. The van der Waals surface area contributed by atoms with Gasteiger partial charge in [-0.25, -0.2) is 9.67 Å². The molecule has 0 unspecified atom stereocenters. The van der Waals surface area contributed by atoms with Gasteiger partial charge in [0.2, 0.25) is 5.88 Å². The number of aliphatic hydroxyl groups excluding tert-OH is 1. The summed E-state index contributed by atoms with van der Waals surface area (Å²) in [5.41, 5.74) is 6.43. The van der Waals surface area contributed by atoms with Crippen molar-refractivity contribution in [1.82, 2.24) is 20.0 Å². The molecule has 8 nitrogen and oxygen atoms in total. The van der Waals surface area contributed by atoms with E-state index >= 15 is 0 Å². The highest BCUT2D eigenvalue weighted by Crippen LogP contribution is 2.54. The van der Waals surface area contributed by atoms with Gasteiger partial charge < -0.3 is 19.5 Å². The SMILES string of the molecule is Cc1cc(OC2CCCC2)nc(-c2cn(-c3ccc(NSCCO)cc3N3CCC4(CC3)CC4)nn2)c1. The lowest BCUT2D eigenvalue weighted by Gasteiger charge is -2.35. The lowest BCUT2D eigenvalue weighted by atomic mass is 9.93. The number of aromatic nitrogens is 4. The van der Waals surface area contributed by atoms with E-state index in [9.17, 15) is 0 Å². The van der Waals surface area contributed by atoms with Crippen molar-refractivity contribution >= 4 is 23.3 Å². The first-order valence-corrected chi connectivity index (χ1v) is 14.6. The van der Waals surface area contributed by atoms with E-state index in [-0.39, 0.29) is 12.7 Å². The van der Waals surface area contributed by atoms with Gasteiger partial charge in [0.25, 0.3) is 0 Å². The van der Waals surface area contributed by atoms with Crippen LogP contribution in [0.1, 0.15) is 56.9 Å². The second-order valence-electron chi connectivity index (χ2n) is 10.8. The maximum absolute atomic E-state index is 9.15. The van der Waals surface area contributed by atoms with Gasteiger partial charge in [-0.15, -0.1) is 5.10 Å². The Balaban J connectivity index is 1.27. The average Bonchev–Trinajstić information content (AvgIpc) is 3.26. The molecule has 3 fully saturated rings. The second-order valence-corrected chi connectivity index (χ2v) is 11.7. The lowest BCUT2D eigenvalue weighted by Crippen LogP contribution is -2.35. The van der Waals surface area contributed by atoms with Crippen LogP contribution < -0.4 is 14.4 Å². The normalized spacial score (nSPS) is 18.9. The Bertz CT molecular complexity index is 1230. The van der Waals surface area contributed by atoms with Gasteiger partial charge in [0.05, 0.1) is 29.9 Å². The number of aliphatic hydroxyl groups is 1. The molecule has 1 saturated heterocycles. The van der Waals surface area contributed by atoms with Crippen molar-refractivity contribution in [2.75, 3.05) is 35.1 Å². The Kier molecular flexibility index (Phi) is 6.99. The number of nitrogens with zero attached hydrogens (tertiary/aromatic N) is 5. The number of piperidine rings is 1. The van der Waals surface area contributed by atoms with Gasteiger partial charge in [0.1, 0.15) is 11.8 Å². The molecule has 3 aliphatic rings. The monoisotopic (exact) mass is 520 g/mol. The minimum atomic E-state index is 0.152. The molecule has 0 radical (unpaired) electrons. The summed E-state index contributed by atoms with van der Waals surface area (Å²) in [5.74, 6) is 1.32. The molecule has 2 N–H and O–H groups in total. The predicted octanol–water partition coefficient (Wildman–Crippen LogP) is 5.39. The van der Waals surface area contributed by atoms with Gasteiger partial charge in [-0.3, -0.25) is 0 Å². The first-order valence-electron chi connectivity index (χ1n) is 13.6. The maximum atomic E-state index is 9.15. The summed E-state index contributed by atoms with van der Waals surface area (Å²) in [5, 5.41) is 18.2. The van der Waals surface area contributed by atoms with Gasteiger partial charge in [-0.1, -0.05) is 17.2 Å². The summed E-state index contributed by atoms with van der Waals surface area (Å²) >= 11 is 1.51. The average molecular weight is 521 g/mol. The van der Waals surface area contributed by atoms with Crippen LogP contribution in [0.5, 0.6) is 5.88 Å². The van der Waals surface area contributed by atoms with E-state index in [4.69, 9.17) is 14.8 Å². The van der Waals surface area contributed by atoms with Gasteiger partial charge in [0.15, 0.2) is 0 Å². The van der Waals surface area contributed by atoms with Crippen LogP contribution in [0.3, 0.4) is 0 Å². The summed E-state index contributed by atoms with van der Waals surface area (Å²) in [6.07, 6.45) is 12.2. The summed E-state index contributed by atoms with van der Waals surface area (Å²) in [7, 11) is 0. The molecule has 3 aromatic rings. The van der Waals surface area contributed by atoms with Crippen LogP contribution in [0.25, 0.3) is 17.1 Å².